The van der Waals surface area contributed by atoms with Crippen molar-refractivity contribution in [1.82, 2.24) is 0 Å². The molecule has 0 heterocycles. The monoisotopic (exact) mass is 278 g/mol. The van der Waals surface area contributed by atoms with Crippen LogP contribution in [0.2, 0.25) is 0 Å². The van der Waals surface area contributed by atoms with Crippen LogP contribution in [-0.2, 0) is 11.1 Å². The van der Waals surface area contributed by atoms with Crippen LogP contribution >= 0.6 is 0 Å². The normalized spacial score (nSPS) is 12.4. The molecule has 0 saturated carbocycles. The maximum atomic E-state index is 11.2. The molecule has 0 spiro atoms. The molecular weight excluding hydrogens is 264 g/mol. The van der Waals surface area contributed by atoms with E-state index in [0.717, 1.165) is 16.7 Å². The first-order chi connectivity index (χ1) is 8.93. The van der Waals surface area contributed by atoms with Crippen LogP contribution < -0.4 is 0 Å². The Bertz CT molecular complexity index is 665. The smallest absolute Gasteiger partial charge is 0.194 e. The molecule has 0 aromatic heterocycles. The largest absolute Gasteiger partial charge is 0.506 e. The first kappa shape index (κ1) is 13.6. The number of phenols is 2. The SMILES string of the molecule is Cc1cccc(-c2ccc(O)c(S(=O)O)c2O)c1C. The lowest BCUT2D eigenvalue weighted by Gasteiger charge is -2.13. The second-order valence-corrected chi connectivity index (χ2v) is 5.21. The van der Waals surface area contributed by atoms with E-state index in [9.17, 15) is 14.4 Å². The van der Waals surface area contributed by atoms with Crippen LogP contribution in [0.5, 0.6) is 11.5 Å². The summed E-state index contributed by atoms with van der Waals surface area (Å²) in [5.41, 5.74) is 3.22. The van der Waals surface area contributed by atoms with E-state index in [1.807, 2.05) is 32.0 Å². The minimum Gasteiger partial charge on any atom is -0.506 e. The highest BCUT2D eigenvalue weighted by atomic mass is 32.2. The fourth-order valence-electron chi connectivity index (χ4n) is 1.99. The molecule has 19 heavy (non-hydrogen) atoms. The molecule has 100 valence electrons. The van der Waals surface area contributed by atoms with Crippen LogP contribution in [-0.4, -0.2) is 19.0 Å². The lowest BCUT2D eigenvalue weighted by Crippen LogP contribution is -1.94. The van der Waals surface area contributed by atoms with E-state index in [2.05, 4.69) is 0 Å². The highest BCUT2D eigenvalue weighted by Gasteiger charge is 2.19. The number of aryl methyl sites for hydroxylation is 1. The molecule has 4 nitrogen and oxygen atoms in total. The van der Waals surface area contributed by atoms with E-state index in [1.165, 1.54) is 12.1 Å². The second kappa shape index (κ2) is 5.03. The Morgan fingerprint density at radius 1 is 1.00 bits per heavy atom. The van der Waals surface area contributed by atoms with Gasteiger partial charge in [-0.15, -0.1) is 0 Å². The molecule has 3 N–H and O–H groups in total. The van der Waals surface area contributed by atoms with Gasteiger partial charge in [-0.05, 0) is 42.7 Å². The maximum absolute atomic E-state index is 11.2. The van der Waals surface area contributed by atoms with Crippen LogP contribution in [0.3, 0.4) is 0 Å². The average Bonchev–Trinajstić information content (AvgIpc) is 2.33. The van der Waals surface area contributed by atoms with Gasteiger partial charge in [0.05, 0.1) is 0 Å². The zero-order chi connectivity index (χ0) is 14.2. The van der Waals surface area contributed by atoms with Crippen molar-refractivity contribution in [2.45, 2.75) is 18.7 Å². The average molecular weight is 278 g/mol. The number of hydrogen-bond acceptors (Lipinski definition) is 3. The van der Waals surface area contributed by atoms with Gasteiger partial charge in [-0.1, -0.05) is 18.2 Å². The minimum absolute atomic E-state index is 0.363. The molecule has 1 unspecified atom stereocenters. The topological polar surface area (TPSA) is 77.8 Å². The first-order valence-corrected chi connectivity index (χ1v) is 6.76. The van der Waals surface area contributed by atoms with Crippen LogP contribution in [0.25, 0.3) is 11.1 Å². The molecule has 0 saturated heterocycles. The van der Waals surface area contributed by atoms with E-state index >= 15 is 0 Å². The number of hydrogen-bond donors (Lipinski definition) is 3. The van der Waals surface area contributed by atoms with Gasteiger partial charge in [0, 0.05) is 5.56 Å². The quantitative estimate of drug-likeness (QED) is 0.738. The summed E-state index contributed by atoms with van der Waals surface area (Å²) in [5, 5.41) is 19.6. The maximum Gasteiger partial charge on any atom is 0.194 e. The zero-order valence-electron chi connectivity index (χ0n) is 10.5. The second-order valence-electron chi connectivity index (χ2n) is 4.31. The van der Waals surface area contributed by atoms with E-state index < -0.39 is 16.8 Å². The lowest BCUT2D eigenvalue weighted by atomic mass is 9.96. The molecule has 0 bridgehead atoms. The highest BCUT2D eigenvalue weighted by Crippen LogP contribution is 2.40. The predicted molar refractivity (Wildman–Crippen MR) is 73.7 cm³/mol. The minimum atomic E-state index is -2.45. The third-order valence-corrected chi connectivity index (χ3v) is 3.93. The standard InChI is InChI=1S/C14H14O4S/c1-8-4-3-5-10(9(8)2)11-6-7-12(15)14(13(11)16)19(17)18/h3-7,15-16H,1-2H3,(H,17,18). The third kappa shape index (κ3) is 2.34. The summed E-state index contributed by atoms with van der Waals surface area (Å²) in [7, 11) is 0. The molecular formula is C14H14O4S. The summed E-state index contributed by atoms with van der Waals surface area (Å²) in [4.78, 5) is -0.363. The zero-order valence-corrected chi connectivity index (χ0v) is 11.4. The van der Waals surface area contributed by atoms with E-state index in [0.29, 0.717) is 5.56 Å². The molecule has 2 aromatic rings. The molecule has 0 aliphatic heterocycles. The van der Waals surface area contributed by atoms with Gasteiger partial charge >= 0.3 is 0 Å². The van der Waals surface area contributed by atoms with Crippen molar-refractivity contribution in [1.29, 1.82) is 0 Å². The highest BCUT2D eigenvalue weighted by molar-refractivity contribution is 7.79. The number of phenolic OH excluding ortho intramolecular Hbond substituents is 2. The van der Waals surface area contributed by atoms with Crippen molar-refractivity contribution in [3.63, 3.8) is 0 Å². The van der Waals surface area contributed by atoms with Crippen molar-refractivity contribution in [2.75, 3.05) is 0 Å². The van der Waals surface area contributed by atoms with Crippen molar-refractivity contribution in [3.8, 4) is 22.6 Å². The lowest BCUT2D eigenvalue weighted by molar-refractivity contribution is 0.422. The molecule has 2 rings (SSSR count). The van der Waals surface area contributed by atoms with Gasteiger partial charge in [0.15, 0.2) is 16.0 Å². The number of rotatable bonds is 2. The Balaban J connectivity index is 2.74. The molecule has 0 fully saturated rings. The Morgan fingerprint density at radius 2 is 1.68 bits per heavy atom. The van der Waals surface area contributed by atoms with Gasteiger partial charge in [-0.3, -0.25) is 0 Å². The fraction of sp³-hybridized carbons (Fsp3) is 0.143. The molecule has 0 aliphatic carbocycles. The van der Waals surface area contributed by atoms with Crippen molar-refractivity contribution < 1.29 is 19.0 Å². The van der Waals surface area contributed by atoms with Crippen LogP contribution in [0, 0.1) is 13.8 Å². The van der Waals surface area contributed by atoms with Gasteiger partial charge in [0.25, 0.3) is 0 Å². The molecule has 0 aliphatic rings. The summed E-state index contributed by atoms with van der Waals surface area (Å²) < 4.78 is 20.3. The van der Waals surface area contributed by atoms with Gasteiger partial charge < -0.3 is 14.8 Å². The Morgan fingerprint density at radius 3 is 2.32 bits per heavy atom. The Hall–Kier alpha value is -1.85. The van der Waals surface area contributed by atoms with Gasteiger partial charge in [-0.25, -0.2) is 4.21 Å². The molecule has 5 heteroatoms. The van der Waals surface area contributed by atoms with E-state index in [1.54, 1.807) is 0 Å². The van der Waals surface area contributed by atoms with Crippen molar-refractivity contribution in [2.24, 2.45) is 0 Å². The summed E-state index contributed by atoms with van der Waals surface area (Å²) in [6.07, 6.45) is 0. The van der Waals surface area contributed by atoms with Gasteiger partial charge in [0.2, 0.25) is 0 Å². The molecule has 2 aromatic carbocycles. The molecule has 0 amide bonds. The van der Waals surface area contributed by atoms with Crippen molar-refractivity contribution >= 4 is 11.1 Å². The van der Waals surface area contributed by atoms with E-state index in [-0.39, 0.29) is 10.6 Å². The number of aromatic hydroxyl groups is 2. The summed E-state index contributed by atoms with van der Waals surface area (Å²) >= 11 is -2.45. The third-order valence-electron chi connectivity index (χ3n) is 3.18. The number of benzene rings is 2. The van der Waals surface area contributed by atoms with Crippen molar-refractivity contribution in [3.05, 3.63) is 41.5 Å². The Labute approximate surface area is 113 Å². The molecule has 0 radical (unpaired) electrons. The van der Waals surface area contributed by atoms with Crippen LogP contribution in [0.1, 0.15) is 11.1 Å². The van der Waals surface area contributed by atoms with Gasteiger partial charge in [0.1, 0.15) is 11.5 Å². The fourth-order valence-corrected chi connectivity index (χ4v) is 2.52. The first-order valence-electron chi connectivity index (χ1n) is 5.66. The Kier molecular flexibility index (Phi) is 3.59. The molecule has 1 atom stereocenters. The predicted octanol–water partition coefficient (Wildman–Crippen LogP) is 2.96. The van der Waals surface area contributed by atoms with Crippen LogP contribution in [0.15, 0.2) is 35.2 Å². The van der Waals surface area contributed by atoms with E-state index in [4.69, 9.17) is 4.55 Å². The summed E-state index contributed by atoms with van der Waals surface area (Å²) in [6.45, 7) is 3.86. The van der Waals surface area contributed by atoms with Crippen LogP contribution in [0.4, 0.5) is 0 Å². The summed E-state index contributed by atoms with van der Waals surface area (Å²) in [5.74, 6) is -0.762. The van der Waals surface area contributed by atoms with Gasteiger partial charge in [-0.2, -0.15) is 0 Å². The summed E-state index contributed by atoms with van der Waals surface area (Å²) in [6, 6.07) is 8.45.